The van der Waals surface area contributed by atoms with Gasteiger partial charge in [-0.1, -0.05) is 23.7 Å². The molecule has 0 aliphatic carbocycles. The Labute approximate surface area is 329 Å². The van der Waals surface area contributed by atoms with Crippen molar-refractivity contribution in [2.24, 2.45) is 5.92 Å². The van der Waals surface area contributed by atoms with E-state index >= 15 is 8.78 Å². The van der Waals surface area contributed by atoms with Gasteiger partial charge in [-0.15, -0.1) is 0 Å². The van der Waals surface area contributed by atoms with Crippen molar-refractivity contribution in [1.29, 1.82) is 0 Å². The number of piperidine rings is 2. The van der Waals surface area contributed by atoms with Crippen LogP contribution in [0.4, 0.5) is 30.2 Å². The number of rotatable bonds is 7. The summed E-state index contributed by atoms with van der Waals surface area (Å²) in [7, 11) is 0. The van der Waals surface area contributed by atoms with Crippen molar-refractivity contribution >= 4 is 40.5 Å². The molecule has 5 aromatic rings. The van der Waals surface area contributed by atoms with E-state index in [2.05, 4.69) is 25.0 Å². The van der Waals surface area contributed by atoms with Crippen molar-refractivity contribution in [1.82, 2.24) is 25.0 Å². The van der Waals surface area contributed by atoms with E-state index in [1.54, 1.807) is 48.9 Å². The first-order valence-corrected chi connectivity index (χ1v) is 19.3. The number of nitrogen functional groups attached to an aromatic ring is 1. The molecule has 3 aliphatic heterocycles. The first-order valence-electron chi connectivity index (χ1n) is 19.0. The van der Waals surface area contributed by atoms with Crippen LogP contribution in [0.1, 0.15) is 38.5 Å². The van der Waals surface area contributed by atoms with E-state index in [1.165, 1.54) is 22.9 Å². The lowest BCUT2D eigenvalue weighted by molar-refractivity contribution is -0.132. The highest BCUT2D eigenvalue weighted by Gasteiger charge is 2.25. The number of hydrogen-bond donors (Lipinski definition) is 2. The summed E-state index contributed by atoms with van der Waals surface area (Å²) in [6, 6.07) is 18.6. The van der Waals surface area contributed by atoms with Gasteiger partial charge in [-0.05, 0) is 92.7 Å². The average molecular weight is 785 g/mol. The van der Waals surface area contributed by atoms with Gasteiger partial charge in [-0.25, -0.2) is 17.9 Å². The Morgan fingerprint density at radius 2 is 1.52 bits per heavy atom. The molecule has 2 amide bonds. The Morgan fingerprint density at radius 3 is 2.21 bits per heavy atom. The van der Waals surface area contributed by atoms with Gasteiger partial charge < -0.3 is 20.4 Å². The van der Waals surface area contributed by atoms with Crippen LogP contribution in [0, 0.1) is 23.4 Å². The topological polar surface area (TPSA) is 113 Å². The SMILES string of the molecule is Nc1cc(Cl)cc(-c2cn(-c3ccc(N4CCCN(CC5CCN(c6ccccc6F)CC5)CC4)cc3F)nc2-c2ccncc2)c1F.O=C1CCCC(=O)N1. The third-order valence-corrected chi connectivity index (χ3v) is 10.8. The molecule has 2 aromatic heterocycles. The largest absolute Gasteiger partial charge is 0.396 e. The van der Waals surface area contributed by atoms with E-state index in [9.17, 15) is 14.0 Å². The van der Waals surface area contributed by atoms with Gasteiger partial charge in [0.25, 0.3) is 0 Å². The second kappa shape index (κ2) is 17.6. The summed E-state index contributed by atoms with van der Waals surface area (Å²) in [5.74, 6) is -0.910. The molecular weight excluding hydrogens is 741 g/mol. The molecular formula is C42H44ClF3N8O2. The number of pyridine rings is 1. The van der Waals surface area contributed by atoms with Crippen molar-refractivity contribution in [3.63, 3.8) is 0 Å². The van der Waals surface area contributed by atoms with Gasteiger partial charge in [0.15, 0.2) is 11.6 Å². The molecule has 3 fully saturated rings. The number of nitrogens with zero attached hydrogens (tertiary/aromatic N) is 6. The first kappa shape index (κ1) is 38.9. The number of carbonyl (C=O) groups excluding carboxylic acids is 2. The summed E-state index contributed by atoms with van der Waals surface area (Å²) < 4.78 is 46.8. The van der Waals surface area contributed by atoms with E-state index in [-0.39, 0.29) is 39.6 Å². The molecule has 14 heteroatoms. The van der Waals surface area contributed by atoms with Crippen molar-refractivity contribution in [3.05, 3.63) is 108 Å². The molecule has 8 rings (SSSR count). The maximum absolute atomic E-state index is 15.9. The number of imide groups is 1. The van der Waals surface area contributed by atoms with Gasteiger partial charge in [-0.2, -0.15) is 5.10 Å². The van der Waals surface area contributed by atoms with E-state index in [1.807, 2.05) is 18.2 Å². The minimum absolute atomic E-state index is 0.0809. The highest BCUT2D eigenvalue weighted by Crippen LogP contribution is 2.37. The summed E-state index contributed by atoms with van der Waals surface area (Å²) in [4.78, 5) is 31.7. The maximum atomic E-state index is 15.9. The molecule has 0 radical (unpaired) electrons. The van der Waals surface area contributed by atoms with Crippen molar-refractivity contribution in [2.45, 2.75) is 38.5 Å². The summed E-state index contributed by atoms with van der Waals surface area (Å²) >= 11 is 6.25. The molecule has 0 atom stereocenters. The van der Waals surface area contributed by atoms with Crippen molar-refractivity contribution < 1.29 is 22.8 Å². The van der Waals surface area contributed by atoms with Crippen molar-refractivity contribution in [3.8, 4) is 28.1 Å². The van der Waals surface area contributed by atoms with Gasteiger partial charge in [0.2, 0.25) is 11.8 Å². The number of benzene rings is 3. The zero-order chi connectivity index (χ0) is 39.2. The fourth-order valence-electron chi connectivity index (χ4n) is 7.63. The predicted octanol–water partition coefficient (Wildman–Crippen LogP) is 7.50. The lowest BCUT2D eigenvalue weighted by Gasteiger charge is -2.36. The van der Waals surface area contributed by atoms with Crippen LogP contribution < -0.4 is 20.9 Å². The summed E-state index contributed by atoms with van der Waals surface area (Å²) in [5.41, 5.74) is 9.32. The summed E-state index contributed by atoms with van der Waals surface area (Å²) in [5, 5.41) is 7.18. The van der Waals surface area contributed by atoms with Gasteiger partial charge in [0.05, 0.1) is 11.4 Å². The number of anilines is 3. The number of carbonyl (C=O) groups is 2. The molecule has 3 N–H and O–H groups in total. The molecule has 0 bridgehead atoms. The fourth-order valence-corrected chi connectivity index (χ4v) is 7.86. The number of halogens is 4. The maximum Gasteiger partial charge on any atom is 0.226 e. The van der Waals surface area contributed by atoms with E-state index in [4.69, 9.17) is 22.4 Å². The van der Waals surface area contributed by atoms with E-state index in [0.717, 1.165) is 70.8 Å². The van der Waals surface area contributed by atoms with Crippen LogP contribution in [0.3, 0.4) is 0 Å². The lowest BCUT2D eigenvalue weighted by atomic mass is 9.95. The smallest absolute Gasteiger partial charge is 0.226 e. The Hall–Kier alpha value is -5.40. The van der Waals surface area contributed by atoms with Crippen LogP contribution in [-0.2, 0) is 9.59 Å². The predicted molar refractivity (Wildman–Crippen MR) is 213 cm³/mol. The van der Waals surface area contributed by atoms with Crippen LogP contribution in [0.5, 0.6) is 0 Å². The number of para-hydroxylation sites is 1. The minimum atomic E-state index is -0.617. The highest BCUT2D eigenvalue weighted by molar-refractivity contribution is 6.31. The minimum Gasteiger partial charge on any atom is -0.396 e. The summed E-state index contributed by atoms with van der Waals surface area (Å²) in [6.45, 7) is 6.25. The number of nitrogens with two attached hydrogens (primary N) is 1. The lowest BCUT2D eigenvalue weighted by Crippen LogP contribution is -2.40. The van der Waals surface area contributed by atoms with Crippen LogP contribution in [0.25, 0.3) is 28.1 Å². The summed E-state index contributed by atoms with van der Waals surface area (Å²) in [6.07, 6.45) is 9.62. The molecule has 3 saturated heterocycles. The molecule has 0 unspecified atom stereocenters. The van der Waals surface area contributed by atoms with Crippen LogP contribution >= 0.6 is 11.6 Å². The molecule has 56 heavy (non-hydrogen) atoms. The van der Waals surface area contributed by atoms with E-state index < -0.39 is 11.6 Å². The number of amides is 2. The normalized spacial score (nSPS) is 16.9. The van der Waals surface area contributed by atoms with Gasteiger partial charge in [0.1, 0.15) is 17.2 Å². The monoisotopic (exact) mass is 784 g/mol. The average Bonchev–Trinajstić information content (AvgIpc) is 3.50. The van der Waals surface area contributed by atoms with Crippen LogP contribution in [-0.4, -0.2) is 77.3 Å². The third-order valence-electron chi connectivity index (χ3n) is 10.6. The molecule has 0 spiro atoms. The molecule has 0 saturated carbocycles. The molecule has 292 valence electrons. The van der Waals surface area contributed by atoms with Crippen molar-refractivity contribution in [2.75, 3.05) is 61.3 Å². The molecule has 10 nitrogen and oxygen atoms in total. The van der Waals surface area contributed by atoms with Gasteiger partial charge in [-0.3, -0.25) is 19.9 Å². The standard InChI is InChI=1S/C37H37ClF3N7.C5H7NO2/c38-27-20-29(36(41)33(42)21-27)30-24-48(44-37(30)26-8-12-43-13-9-26)35-7-6-28(22-32(35)40)46-15-3-14-45(18-19-46)23-25-10-16-47(17-11-25)34-5-2-1-4-31(34)39;7-4-2-1-3-5(8)6-4/h1-2,4-9,12-13,20-22,24-25H,3,10-11,14-19,23,42H2;1-3H2,(H,6,7,8). The second-order valence-electron chi connectivity index (χ2n) is 14.4. The van der Waals surface area contributed by atoms with Gasteiger partial charge in [0, 0.05) is 98.1 Å². The van der Waals surface area contributed by atoms with Gasteiger partial charge >= 0.3 is 0 Å². The zero-order valence-electron chi connectivity index (χ0n) is 30.9. The van der Waals surface area contributed by atoms with E-state index in [0.29, 0.717) is 47.7 Å². The van der Waals surface area contributed by atoms with Crippen LogP contribution in [0.15, 0.2) is 85.3 Å². The Balaban J connectivity index is 0.000000536. The number of nitrogens with one attached hydrogen (secondary N) is 1. The Kier molecular flexibility index (Phi) is 12.2. The fraction of sp³-hybridized carbons (Fsp3) is 0.333. The Bertz CT molecular complexity index is 2160. The quantitative estimate of drug-likeness (QED) is 0.129. The number of hydrogen-bond acceptors (Lipinski definition) is 8. The number of aromatic nitrogens is 3. The first-order chi connectivity index (χ1) is 27.1. The highest BCUT2D eigenvalue weighted by atomic mass is 35.5. The Morgan fingerprint density at radius 1 is 0.768 bits per heavy atom. The molecule has 3 aromatic carbocycles. The molecule has 5 heterocycles. The second-order valence-corrected chi connectivity index (χ2v) is 14.8. The third kappa shape index (κ3) is 9.17. The molecule has 3 aliphatic rings. The zero-order valence-corrected chi connectivity index (χ0v) is 31.7. The van der Waals surface area contributed by atoms with Crippen LogP contribution in [0.2, 0.25) is 5.02 Å².